The molecule has 21 heavy (non-hydrogen) atoms. The molecular formula is C13H17N3O5. The van der Waals surface area contributed by atoms with Gasteiger partial charge >= 0.3 is 5.97 Å². The Morgan fingerprint density at radius 1 is 1.48 bits per heavy atom. The Hall–Kier alpha value is -2.64. The van der Waals surface area contributed by atoms with E-state index in [0.29, 0.717) is 6.42 Å². The van der Waals surface area contributed by atoms with E-state index in [1.54, 1.807) is 0 Å². The number of non-ortho nitro benzene ring substituents is 1. The third-order valence-corrected chi connectivity index (χ3v) is 2.94. The summed E-state index contributed by atoms with van der Waals surface area (Å²) in [6.07, 6.45) is 1.71. The van der Waals surface area contributed by atoms with E-state index >= 15 is 0 Å². The minimum atomic E-state index is -1.15. The molecule has 0 saturated carbocycles. The van der Waals surface area contributed by atoms with E-state index in [1.807, 2.05) is 6.92 Å². The number of rotatable bonds is 7. The largest absolute Gasteiger partial charge is 0.480 e. The number of carboxylic acid groups (broad SMARTS) is 1. The highest BCUT2D eigenvalue weighted by molar-refractivity contribution is 6.01. The molecule has 0 aliphatic heterocycles. The molecule has 0 aromatic heterocycles. The number of nitrogens with one attached hydrogen (secondary N) is 1. The van der Waals surface area contributed by atoms with Crippen molar-refractivity contribution in [3.63, 3.8) is 0 Å². The fourth-order valence-corrected chi connectivity index (χ4v) is 1.76. The van der Waals surface area contributed by atoms with Crippen LogP contribution in [0.5, 0.6) is 0 Å². The maximum Gasteiger partial charge on any atom is 0.326 e. The Labute approximate surface area is 121 Å². The van der Waals surface area contributed by atoms with Crippen LogP contribution >= 0.6 is 0 Å². The number of carboxylic acids is 1. The Morgan fingerprint density at radius 3 is 2.67 bits per heavy atom. The zero-order valence-corrected chi connectivity index (χ0v) is 11.5. The van der Waals surface area contributed by atoms with Gasteiger partial charge in [0.2, 0.25) is 0 Å². The summed E-state index contributed by atoms with van der Waals surface area (Å²) in [7, 11) is 0. The second kappa shape index (κ2) is 7.22. The molecule has 1 rings (SSSR count). The van der Waals surface area contributed by atoms with Crippen molar-refractivity contribution < 1.29 is 19.6 Å². The van der Waals surface area contributed by atoms with Crippen molar-refractivity contribution in [2.75, 3.05) is 5.73 Å². The molecule has 8 nitrogen and oxygen atoms in total. The molecule has 0 fully saturated rings. The number of hydrogen-bond donors (Lipinski definition) is 3. The molecule has 0 heterocycles. The monoisotopic (exact) mass is 295 g/mol. The quantitative estimate of drug-likeness (QED) is 0.396. The predicted octanol–water partition coefficient (Wildman–Crippen LogP) is 1.55. The van der Waals surface area contributed by atoms with E-state index in [1.165, 1.54) is 12.1 Å². The highest BCUT2D eigenvalue weighted by Gasteiger charge is 2.22. The first kappa shape index (κ1) is 16.4. The molecule has 1 aromatic rings. The number of unbranched alkanes of at least 4 members (excludes halogenated alkanes) is 1. The number of nitrogens with two attached hydrogens (primary N) is 1. The van der Waals surface area contributed by atoms with Crippen molar-refractivity contribution in [1.29, 1.82) is 0 Å². The fourth-order valence-electron chi connectivity index (χ4n) is 1.76. The molecule has 8 heteroatoms. The van der Waals surface area contributed by atoms with Crippen LogP contribution in [0.25, 0.3) is 0 Å². The van der Waals surface area contributed by atoms with Gasteiger partial charge in [-0.3, -0.25) is 14.9 Å². The molecule has 1 aromatic carbocycles. The van der Waals surface area contributed by atoms with Crippen LogP contribution in [0.15, 0.2) is 18.2 Å². The summed E-state index contributed by atoms with van der Waals surface area (Å²) in [5, 5.41) is 22.1. The van der Waals surface area contributed by atoms with Crippen LogP contribution in [0.3, 0.4) is 0 Å². The number of anilines is 1. The normalized spacial score (nSPS) is 11.7. The number of nitrogens with zero attached hydrogens (tertiary/aromatic N) is 1. The molecule has 0 aliphatic rings. The molecule has 0 spiro atoms. The van der Waals surface area contributed by atoms with Gasteiger partial charge < -0.3 is 16.2 Å². The number of hydrogen-bond acceptors (Lipinski definition) is 5. The highest BCUT2D eigenvalue weighted by atomic mass is 16.6. The molecule has 0 saturated heterocycles. The Morgan fingerprint density at radius 2 is 2.14 bits per heavy atom. The minimum Gasteiger partial charge on any atom is -0.480 e. The molecule has 0 aliphatic carbocycles. The van der Waals surface area contributed by atoms with Gasteiger partial charge in [0.15, 0.2) is 0 Å². The molecule has 1 atom stereocenters. The molecule has 0 unspecified atom stereocenters. The smallest absolute Gasteiger partial charge is 0.326 e. The molecular weight excluding hydrogens is 278 g/mol. The van der Waals surface area contributed by atoms with E-state index in [9.17, 15) is 19.7 Å². The van der Waals surface area contributed by atoms with Gasteiger partial charge in [-0.25, -0.2) is 4.79 Å². The first-order valence-corrected chi connectivity index (χ1v) is 6.44. The topological polar surface area (TPSA) is 136 Å². The highest BCUT2D eigenvalue weighted by Crippen LogP contribution is 2.19. The van der Waals surface area contributed by atoms with Crippen LogP contribution in [-0.2, 0) is 4.79 Å². The molecule has 4 N–H and O–H groups in total. The van der Waals surface area contributed by atoms with Gasteiger partial charge in [0.1, 0.15) is 6.04 Å². The average Bonchev–Trinajstić information content (AvgIpc) is 2.42. The molecule has 114 valence electrons. The Kier molecular flexibility index (Phi) is 5.65. The molecule has 0 radical (unpaired) electrons. The SMILES string of the molecule is CCCC[C@H](NC(=O)c1cc([N+](=O)[O-])ccc1N)C(=O)O. The van der Waals surface area contributed by atoms with E-state index in [-0.39, 0.29) is 23.4 Å². The van der Waals surface area contributed by atoms with Crippen molar-refractivity contribution in [3.05, 3.63) is 33.9 Å². The fraction of sp³-hybridized carbons (Fsp3) is 0.385. The van der Waals surface area contributed by atoms with Gasteiger partial charge in [0, 0.05) is 17.8 Å². The van der Waals surface area contributed by atoms with Crippen LogP contribution in [0.2, 0.25) is 0 Å². The summed E-state index contributed by atoms with van der Waals surface area (Å²) in [6.45, 7) is 1.90. The maximum absolute atomic E-state index is 12.0. The van der Waals surface area contributed by atoms with Crippen LogP contribution in [0.4, 0.5) is 11.4 Å². The van der Waals surface area contributed by atoms with Crippen molar-refractivity contribution in [2.24, 2.45) is 0 Å². The number of nitro groups is 1. The number of aliphatic carboxylic acids is 1. The minimum absolute atomic E-state index is 0.0535. The van der Waals surface area contributed by atoms with Gasteiger partial charge in [-0.1, -0.05) is 19.8 Å². The second-order valence-electron chi connectivity index (χ2n) is 4.54. The molecule has 1 amide bonds. The van der Waals surface area contributed by atoms with E-state index in [2.05, 4.69) is 5.32 Å². The predicted molar refractivity (Wildman–Crippen MR) is 75.9 cm³/mol. The number of nitrogen functional groups attached to an aromatic ring is 1. The Bertz CT molecular complexity index is 559. The van der Waals surface area contributed by atoms with Gasteiger partial charge in [0.25, 0.3) is 11.6 Å². The summed E-state index contributed by atoms with van der Waals surface area (Å²) in [4.78, 5) is 33.2. The Balaban J connectivity index is 2.94. The van der Waals surface area contributed by atoms with Gasteiger partial charge in [-0.05, 0) is 12.5 Å². The van der Waals surface area contributed by atoms with Crippen molar-refractivity contribution in [3.8, 4) is 0 Å². The van der Waals surface area contributed by atoms with Gasteiger partial charge in [-0.2, -0.15) is 0 Å². The van der Waals surface area contributed by atoms with Gasteiger partial charge in [0.05, 0.1) is 10.5 Å². The molecule has 0 bridgehead atoms. The zero-order chi connectivity index (χ0) is 16.0. The summed E-state index contributed by atoms with van der Waals surface area (Å²) in [5.74, 6) is -1.89. The van der Waals surface area contributed by atoms with E-state index < -0.39 is 22.8 Å². The summed E-state index contributed by atoms with van der Waals surface area (Å²) in [6, 6.07) is 2.41. The van der Waals surface area contributed by atoms with Crippen LogP contribution in [0.1, 0.15) is 36.5 Å². The third kappa shape index (κ3) is 4.44. The lowest BCUT2D eigenvalue weighted by Gasteiger charge is -2.14. The number of benzene rings is 1. The lowest BCUT2D eigenvalue weighted by atomic mass is 10.1. The standard InChI is InChI=1S/C13H17N3O5/c1-2-3-4-11(13(18)19)15-12(17)9-7-8(16(20)21)5-6-10(9)14/h5-7,11H,2-4,14H2,1H3,(H,15,17)(H,18,19)/t11-/m0/s1. The summed E-state index contributed by atoms with van der Waals surface area (Å²) >= 11 is 0. The van der Waals surface area contributed by atoms with Crippen LogP contribution in [0, 0.1) is 10.1 Å². The summed E-state index contributed by atoms with van der Waals surface area (Å²) in [5.41, 5.74) is 5.28. The van der Waals surface area contributed by atoms with Crippen molar-refractivity contribution in [2.45, 2.75) is 32.2 Å². The maximum atomic E-state index is 12.0. The van der Waals surface area contributed by atoms with Crippen LogP contribution < -0.4 is 11.1 Å². The number of carbonyl (C=O) groups excluding carboxylic acids is 1. The first-order valence-electron chi connectivity index (χ1n) is 6.44. The number of amides is 1. The van der Waals surface area contributed by atoms with E-state index in [4.69, 9.17) is 10.8 Å². The zero-order valence-electron chi connectivity index (χ0n) is 11.5. The van der Waals surface area contributed by atoms with Crippen molar-refractivity contribution in [1.82, 2.24) is 5.32 Å². The number of carbonyl (C=O) groups is 2. The summed E-state index contributed by atoms with van der Waals surface area (Å²) < 4.78 is 0. The van der Waals surface area contributed by atoms with Crippen LogP contribution in [-0.4, -0.2) is 27.9 Å². The third-order valence-electron chi connectivity index (χ3n) is 2.94. The number of nitro benzene ring substituents is 1. The van der Waals surface area contributed by atoms with Crippen molar-refractivity contribution >= 4 is 23.3 Å². The first-order chi connectivity index (χ1) is 9.86. The second-order valence-corrected chi connectivity index (χ2v) is 4.54. The average molecular weight is 295 g/mol. The van der Waals surface area contributed by atoms with Gasteiger partial charge in [-0.15, -0.1) is 0 Å². The lowest BCUT2D eigenvalue weighted by Crippen LogP contribution is -2.41. The lowest BCUT2D eigenvalue weighted by molar-refractivity contribution is -0.384. The van der Waals surface area contributed by atoms with E-state index in [0.717, 1.165) is 12.5 Å².